The minimum absolute atomic E-state index is 0.0298. The highest BCUT2D eigenvalue weighted by molar-refractivity contribution is 5.76. The van der Waals surface area contributed by atoms with Gasteiger partial charge in [-0.15, -0.1) is 0 Å². The molecular weight excluding hydrogens is 180 g/mol. The molecule has 14 heavy (non-hydrogen) atoms. The van der Waals surface area contributed by atoms with Crippen LogP contribution in [0.25, 0.3) is 5.57 Å². The van der Waals surface area contributed by atoms with E-state index < -0.39 is 4.92 Å². The van der Waals surface area contributed by atoms with Crippen LogP contribution in [0, 0.1) is 21.4 Å². The highest BCUT2D eigenvalue weighted by atomic mass is 16.6. The number of rotatable bonds is 2. The monoisotopic (exact) mass is 188 g/mol. The minimum Gasteiger partial charge on any atom is -0.258 e. The van der Waals surface area contributed by atoms with Crippen molar-refractivity contribution in [1.29, 1.82) is 5.26 Å². The summed E-state index contributed by atoms with van der Waals surface area (Å²) in [6, 6.07) is 7.91. The number of hydrogen-bond acceptors (Lipinski definition) is 3. The Balaban J connectivity index is 3.07. The van der Waals surface area contributed by atoms with Gasteiger partial charge in [-0.1, -0.05) is 6.08 Å². The predicted octanol–water partition coefficient (Wildman–Crippen LogP) is 2.52. The molecule has 4 nitrogen and oxygen atoms in total. The second-order valence-corrected chi connectivity index (χ2v) is 2.62. The third kappa shape index (κ3) is 1.96. The van der Waals surface area contributed by atoms with Crippen LogP contribution in [0.3, 0.4) is 0 Å². The molecule has 0 aliphatic heterocycles. The first-order valence-electron chi connectivity index (χ1n) is 4.00. The van der Waals surface area contributed by atoms with E-state index in [1.165, 1.54) is 12.1 Å². The molecule has 0 radical (unpaired) electrons. The maximum Gasteiger partial charge on any atom is 0.269 e. The van der Waals surface area contributed by atoms with Crippen LogP contribution in [0.2, 0.25) is 0 Å². The highest BCUT2D eigenvalue weighted by Crippen LogP contribution is 2.17. The molecule has 0 bridgehead atoms. The van der Waals surface area contributed by atoms with Gasteiger partial charge in [-0.05, 0) is 24.6 Å². The summed E-state index contributed by atoms with van der Waals surface area (Å²) in [5.41, 5.74) is 1.24. The van der Waals surface area contributed by atoms with Gasteiger partial charge in [0.25, 0.3) is 5.69 Å². The SMILES string of the molecule is C/C=C(\C#N)c1ccc([N+](=O)[O-])cc1. The number of allylic oxidation sites excluding steroid dienone is 2. The summed E-state index contributed by atoms with van der Waals surface area (Å²) in [7, 11) is 0. The Labute approximate surface area is 81.2 Å². The normalized spacial score (nSPS) is 10.7. The Morgan fingerprint density at radius 1 is 1.50 bits per heavy atom. The molecule has 0 aliphatic carbocycles. The summed E-state index contributed by atoms with van der Waals surface area (Å²) in [5, 5.41) is 19.1. The number of hydrogen-bond donors (Lipinski definition) is 0. The molecular formula is C10H8N2O2. The number of benzene rings is 1. The first-order valence-corrected chi connectivity index (χ1v) is 4.00. The Hall–Kier alpha value is -2.15. The molecule has 0 saturated heterocycles. The lowest BCUT2D eigenvalue weighted by Gasteiger charge is -1.96. The molecule has 0 amide bonds. The van der Waals surface area contributed by atoms with Gasteiger partial charge >= 0.3 is 0 Å². The minimum atomic E-state index is -0.467. The molecule has 4 heteroatoms. The molecule has 1 aromatic carbocycles. The topological polar surface area (TPSA) is 66.9 Å². The van der Waals surface area contributed by atoms with Gasteiger partial charge in [0.2, 0.25) is 0 Å². The lowest BCUT2D eigenvalue weighted by molar-refractivity contribution is -0.384. The first kappa shape index (κ1) is 9.93. The molecule has 0 aromatic heterocycles. The fourth-order valence-corrected chi connectivity index (χ4v) is 1.06. The van der Waals surface area contributed by atoms with Gasteiger partial charge in [0, 0.05) is 12.1 Å². The zero-order valence-electron chi connectivity index (χ0n) is 7.60. The Morgan fingerprint density at radius 2 is 2.07 bits per heavy atom. The predicted molar refractivity (Wildman–Crippen MR) is 52.4 cm³/mol. The average molecular weight is 188 g/mol. The van der Waals surface area contributed by atoms with E-state index in [1.54, 1.807) is 25.1 Å². The Kier molecular flexibility index (Phi) is 2.97. The standard InChI is InChI=1S/C10H8N2O2/c1-2-8(7-11)9-3-5-10(6-4-9)12(13)14/h2-6H,1H3/b8-2+. The number of nitriles is 1. The van der Waals surface area contributed by atoms with Gasteiger partial charge in [-0.3, -0.25) is 10.1 Å². The maximum absolute atomic E-state index is 10.3. The largest absolute Gasteiger partial charge is 0.269 e. The van der Waals surface area contributed by atoms with E-state index in [2.05, 4.69) is 0 Å². The summed E-state index contributed by atoms with van der Waals surface area (Å²) < 4.78 is 0. The van der Waals surface area contributed by atoms with Gasteiger partial charge in [0.15, 0.2) is 0 Å². The van der Waals surface area contributed by atoms with Crippen molar-refractivity contribution in [2.24, 2.45) is 0 Å². The quantitative estimate of drug-likeness (QED) is 0.407. The summed E-state index contributed by atoms with van der Waals surface area (Å²) in [4.78, 5) is 9.88. The van der Waals surface area contributed by atoms with Crippen LogP contribution in [0.1, 0.15) is 12.5 Å². The van der Waals surface area contributed by atoms with E-state index in [0.29, 0.717) is 11.1 Å². The number of nitro groups is 1. The van der Waals surface area contributed by atoms with Crippen LogP contribution in [0.4, 0.5) is 5.69 Å². The van der Waals surface area contributed by atoms with Crippen molar-refractivity contribution in [2.75, 3.05) is 0 Å². The molecule has 0 aliphatic rings. The molecule has 0 unspecified atom stereocenters. The van der Waals surface area contributed by atoms with Crippen molar-refractivity contribution in [3.8, 4) is 6.07 Å². The zero-order valence-corrected chi connectivity index (χ0v) is 7.60. The van der Waals surface area contributed by atoms with Crippen LogP contribution in [0.5, 0.6) is 0 Å². The lowest BCUT2D eigenvalue weighted by atomic mass is 10.1. The summed E-state index contributed by atoms with van der Waals surface area (Å²) in [6.07, 6.45) is 1.67. The highest BCUT2D eigenvalue weighted by Gasteiger charge is 2.05. The maximum atomic E-state index is 10.3. The van der Waals surface area contributed by atoms with Crippen molar-refractivity contribution in [2.45, 2.75) is 6.92 Å². The second-order valence-electron chi connectivity index (χ2n) is 2.62. The van der Waals surface area contributed by atoms with Gasteiger partial charge in [-0.2, -0.15) is 5.26 Å². The number of non-ortho nitro benzene ring substituents is 1. The first-order chi connectivity index (χ1) is 6.69. The molecule has 0 saturated carbocycles. The molecule has 0 spiro atoms. The zero-order chi connectivity index (χ0) is 10.6. The number of nitrogens with zero attached hydrogens (tertiary/aromatic N) is 2. The molecule has 1 aromatic rings. The lowest BCUT2D eigenvalue weighted by Crippen LogP contribution is -1.88. The molecule has 1 rings (SSSR count). The van der Waals surface area contributed by atoms with E-state index in [4.69, 9.17) is 5.26 Å². The van der Waals surface area contributed by atoms with Gasteiger partial charge in [0.1, 0.15) is 0 Å². The Bertz CT molecular complexity index is 413. The van der Waals surface area contributed by atoms with Gasteiger partial charge < -0.3 is 0 Å². The smallest absolute Gasteiger partial charge is 0.258 e. The van der Waals surface area contributed by atoms with Crippen molar-refractivity contribution < 1.29 is 4.92 Å². The van der Waals surface area contributed by atoms with E-state index in [1.807, 2.05) is 6.07 Å². The van der Waals surface area contributed by atoms with E-state index >= 15 is 0 Å². The van der Waals surface area contributed by atoms with Crippen LogP contribution in [0.15, 0.2) is 30.3 Å². The van der Waals surface area contributed by atoms with Gasteiger partial charge in [0.05, 0.1) is 16.6 Å². The summed E-state index contributed by atoms with van der Waals surface area (Å²) in [5.74, 6) is 0. The number of nitro benzene ring substituents is 1. The van der Waals surface area contributed by atoms with Crippen molar-refractivity contribution in [1.82, 2.24) is 0 Å². The molecule has 70 valence electrons. The average Bonchev–Trinajstić information content (AvgIpc) is 2.20. The fourth-order valence-electron chi connectivity index (χ4n) is 1.06. The fraction of sp³-hybridized carbons (Fsp3) is 0.100. The summed E-state index contributed by atoms with van der Waals surface area (Å²) in [6.45, 7) is 1.75. The van der Waals surface area contributed by atoms with E-state index in [0.717, 1.165) is 0 Å². The molecule has 0 atom stereocenters. The molecule has 0 heterocycles. The molecule has 0 N–H and O–H groups in total. The third-order valence-corrected chi connectivity index (χ3v) is 1.80. The van der Waals surface area contributed by atoms with E-state index in [9.17, 15) is 10.1 Å². The van der Waals surface area contributed by atoms with Crippen LogP contribution in [-0.4, -0.2) is 4.92 Å². The van der Waals surface area contributed by atoms with Crippen molar-refractivity contribution >= 4 is 11.3 Å². The Morgan fingerprint density at radius 3 is 2.43 bits per heavy atom. The second kappa shape index (κ2) is 4.19. The van der Waals surface area contributed by atoms with Crippen LogP contribution in [-0.2, 0) is 0 Å². The van der Waals surface area contributed by atoms with Crippen molar-refractivity contribution in [3.05, 3.63) is 46.0 Å². The third-order valence-electron chi connectivity index (χ3n) is 1.80. The van der Waals surface area contributed by atoms with E-state index in [-0.39, 0.29) is 5.69 Å². The molecule has 0 fully saturated rings. The van der Waals surface area contributed by atoms with Crippen LogP contribution >= 0.6 is 0 Å². The van der Waals surface area contributed by atoms with Crippen LogP contribution < -0.4 is 0 Å². The van der Waals surface area contributed by atoms with Crippen molar-refractivity contribution in [3.63, 3.8) is 0 Å². The summed E-state index contributed by atoms with van der Waals surface area (Å²) >= 11 is 0. The van der Waals surface area contributed by atoms with Gasteiger partial charge in [-0.25, -0.2) is 0 Å².